The third kappa shape index (κ3) is 4.53. The van der Waals surface area contributed by atoms with E-state index in [2.05, 4.69) is 26.1 Å². The van der Waals surface area contributed by atoms with Gasteiger partial charge in [0.15, 0.2) is 0 Å². The Kier molecular flexibility index (Phi) is 5.86. The number of piperazine rings is 1. The van der Waals surface area contributed by atoms with Gasteiger partial charge < -0.3 is 21.0 Å². The number of aromatic nitrogens is 1. The molecule has 0 atom stereocenters. The molecule has 1 aliphatic rings. The minimum atomic E-state index is -4.68. The van der Waals surface area contributed by atoms with Crippen LogP contribution in [-0.4, -0.2) is 54.9 Å². The number of alkyl halides is 3. The largest absolute Gasteiger partial charge is 0.417 e. The molecule has 2 rings (SSSR count). The van der Waals surface area contributed by atoms with Gasteiger partial charge in [-0.2, -0.15) is 23.5 Å². The van der Waals surface area contributed by atoms with Crippen LogP contribution in [0.3, 0.4) is 0 Å². The number of hydrogen-bond donors (Lipinski definition) is 3. The van der Waals surface area contributed by atoms with Gasteiger partial charge in [0, 0.05) is 25.8 Å². The van der Waals surface area contributed by atoms with Gasteiger partial charge in [-0.3, -0.25) is 4.79 Å². The average molecular weight is 369 g/mol. The number of nitrogens with zero attached hydrogens (tertiary/aromatic N) is 4. The van der Waals surface area contributed by atoms with Gasteiger partial charge in [0.2, 0.25) is 5.91 Å². The number of hydrazone groups is 1. The van der Waals surface area contributed by atoms with Crippen LogP contribution in [0.1, 0.15) is 16.8 Å². The molecular weight excluding hydrogens is 351 g/mol. The molecule has 26 heavy (non-hydrogen) atoms. The molecular formula is C15H18F3N7O. The standard InChI is InChI=1S/C15H18F3N7O/c1-9-5-11(15(16,17)18)10(6-19)14(23-9)22-7-13(26)25-4-3-21-12(8-25)24-20-2/h5,20H,3-4,7-8H2,1-2H3,(H,21,24)(H,22,23). The molecule has 2 heterocycles. The molecule has 140 valence electrons. The van der Waals surface area contributed by atoms with Crippen LogP contribution >= 0.6 is 0 Å². The van der Waals surface area contributed by atoms with Crippen LogP contribution in [0.2, 0.25) is 0 Å². The maximum atomic E-state index is 13.1. The molecule has 1 fully saturated rings. The third-order valence-corrected chi connectivity index (χ3v) is 3.62. The van der Waals surface area contributed by atoms with Gasteiger partial charge in [0.05, 0.1) is 18.7 Å². The first-order valence-corrected chi connectivity index (χ1v) is 7.74. The number of nitrogens with one attached hydrogen (secondary N) is 3. The summed E-state index contributed by atoms with van der Waals surface area (Å²) in [6.45, 7) is 2.30. The molecule has 0 aromatic carbocycles. The van der Waals surface area contributed by atoms with Crippen LogP contribution in [-0.2, 0) is 11.0 Å². The summed E-state index contributed by atoms with van der Waals surface area (Å²) in [4.78, 5) is 17.8. The zero-order valence-corrected chi connectivity index (χ0v) is 14.2. The average Bonchev–Trinajstić information content (AvgIpc) is 2.59. The second kappa shape index (κ2) is 7.90. The van der Waals surface area contributed by atoms with Crippen molar-refractivity contribution in [3.05, 3.63) is 22.9 Å². The van der Waals surface area contributed by atoms with E-state index in [4.69, 9.17) is 5.26 Å². The number of anilines is 1. The number of rotatable bonds is 4. The lowest BCUT2D eigenvalue weighted by Crippen LogP contribution is -2.51. The van der Waals surface area contributed by atoms with Crippen molar-refractivity contribution in [3.63, 3.8) is 0 Å². The summed E-state index contributed by atoms with van der Waals surface area (Å²) in [7, 11) is 1.63. The number of halogens is 3. The predicted octanol–water partition coefficient (Wildman–Crippen LogP) is 0.657. The Bertz CT molecular complexity index is 755. The number of pyridine rings is 1. The summed E-state index contributed by atoms with van der Waals surface area (Å²) in [6, 6.07) is 2.33. The Hall–Kier alpha value is -3.03. The first-order valence-electron chi connectivity index (χ1n) is 7.74. The van der Waals surface area contributed by atoms with Crippen molar-refractivity contribution in [3.8, 4) is 6.07 Å². The van der Waals surface area contributed by atoms with Gasteiger partial charge in [-0.15, -0.1) is 0 Å². The van der Waals surface area contributed by atoms with Gasteiger partial charge in [0.1, 0.15) is 23.3 Å². The molecule has 1 amide bonds. The number of carbonyl (C=O) groups is 1. The molecule has 0 bridgehead atoms. The van der Waals surface area contributed by atoms with Crippen molar-refractivity contribution < 1.29 is 18.0 Å². The van der Waals surface area contributed by atoms with Crippen molar-refractivity contribution in [2.75, 3.05) is 38.5 Å². The fourth-order valence-electron chi connectivity index (χ4n) is 2.48. The molecule has 0 saturated carbocycles. The summed E-state index contributed by atoms with van der Waals surface area (Å²) < 4.78 is 39.3. The van der Waals surface area contributed by atoms with Crippen LogP contribution in [0.15, 0.2) is 11.2 Å². The first-order chi connectivity index (χ1) is 12.3. The number of aryl methyl sites for hydroxylation is 1. The molecule has 0 radical (unpaired) electrons. The summed E-state index contributed by atoms with van der Waals surface area (Å²) in [6.07, 6.45) is -4.68. The highest BCUT2D eigenvalue weighted by Crippen LogP contribution is 2.34. The lowest BCUT2D eigenvalue weighted by atomic mass is 10.1. The highest BCUT2D eigenvalue weighted by molar-refractivity contribution is 5.90. The monoisotopic (exact) mass is 369 g/mol. The zero-order valence-electron chi connectivity index (χ0n) is 14.2. The molecule has 1 aromatic rings. The molecule has 0 unspecified atom stereocenters. The van der Waals surface area contributed by atoms with Gasteiger partial charge in [0.25, 0.3) is 0 Å². The van der Waals surface area contributed by atoms with Gasteiger partial charge in [-0.25, -0.2) is 4.98 Å². The Labute approximate surface area is 148 Å². The van der Waals surface area contributed by atoms with Crippen molar-refractivity contribution in [2.24, 2.45) is 5.10 Å². The number of amidine groups is 1. The summed E-state index contributed by atoms with van der Waals surface area (Å²) in [5.74, 6) is -0.0127. The normalized spacial score (nSPS) is 16.0. The molecule has 1 aromatic heterocycles. The lowest BCUT2D eigenvalue weighted by molar-refractivity contribution is -0.137. The molecule has 3 N–H and O–H groups in total. The van der Waals surface area contributed by atoms with Gasteiger partial charge in [-0.05, 0) is 13.0 Å². The van der Waals surface area contributed by atoms with Crippen molar-refractivity contribution in [1.29, 1.82) is 5.26 Å². The number of amides is 1. The van der Waals surface area contributed by atoms with E-state index in [1.165, 1.54) is 17.9 Å². The second-order valence-corrected chi connectivity index (χ2v) is 5.52. The fourth-order valence-corrected chi connectivity index (χ4v) is 2.48. The Balaban J connectivity index is 2.14. The lowest BCUT2D eigenvalue weighted by Gasteiger charge is -2.29. The van der Waals surface area contributed by atoms with Crippen LogP contribution in [0.25, 0.3) is 0 Å². The van der Waals surface area contributed by atoms with E-state index >= 15 is 0 Å². The molecule has 1 saturated heterocycles. The van der Waals surface area contributed by atoms with E-state index in [1.807, 2.05) is 0 Å². The highest BCUT2D eigenvalue weighted by atomic mass is 19.4. The van der Waals surface area contributed by atoms with Crippen LogP contribution in [0.4, 0.5) is 19.0 Å². The van der Waals surface area contributed by atoms with Crippen LogP contribution < -0.4 is 16.1 Å². The van der Waals surface area contributed by atoms with Crippen molar-refractivity contribution in [2.45, 2.75) is 13.1 Å². The second-order valence-electron chi connectivity index (χ2n) is 5.52. The summed E-state index contributed by atoms with van der Waals surface area (Å²) >= 11 is 0. The van der Waals surface area contributed by atoms with E-state index in [0.717, 1.165) is 6.07 Å². The van der Waals surface area contributed by atoms with Gasteiger partial charge in [-0.1, -0.05) is 0 Å². The molecule has 8 nitrogen and oxygen atoms in total. The van der Waals surface area contributed by atoms with Crippen molar-refractivity contribution in [1.82, 2.24) is 20.6 Å². The topological polar surface area (TPSA) is 105 Å². The first kappa shape index (κ1) is 19.3. The van der Waals surface area contributed by atoms with E-state index < -0.39 is 17.3 Å². The maximum Gasteiger partial charge on any atom is 0.417 e. The van der Waals surface area contributed by atoms with E-state index in [0.29, 0.717) is 18.9 Å². The van der Waals surface area contributed by atoms with Gasteiger partial charge >= 0.3 is 6.18 Å². The minimum absolute atomic E-state index is 0.0943. The summed E-state index contributed by atoms with van der Waals surface area (Å²) in [5, 5.41) is 18.7. The number of nitriles is 1. The highest BCUT2D eigenvalue weighted by Gasteiger charge is 2.35. The maximum absolute atomic E-state index is 13.1. The SMILES string of the molecule is CN/N=C1/CN(C(=O)CNc2nc(C)cc(C(F)(F)F)c2C#N)CCN1. The molecule has 1 aliphatic heterocycles. The quantitative estimate of drug-likeness (QED) is 0.674. The Morgan fingerprint density at radius 2 is 2.27 bits per heavy atom. The van der Waals surface area contributed by atoms with E-state index in [-0.39, 0.29) is 30.5 Å². The molecule has 0 spiro atoms. The van der Waals surface area contributed by atoms with E-state index in [9.17, 15) is 18.0 Å². The third-order valence-electron chi connectivity index (χ3n) is 3.62. The number of carbonyl (C=O) groups excluding carboxylic acids is 1. The van der Waals surface area contributed by atoms with Crippen molar-refractivity contribution >= 4 is 17.6 Å². The Morgan fingerprint density at radius 3 is 2.88 bits per heavy atom. The molecule has 0 aliphatic carbocycles. The summed E-state index contributed by atoms with van der Waals surface area (Å²) in [5.41, 5.74) is 1.00. The number of hydrogen-bond acceptors (Lipinski definition) is 6. The van der Waals surface area contributed by atoms with E-state index in [1.54, 1.807) is 7.05 Å². The zero-order chi connectivity index (χ0) is 19.3. The Morgan fingerprint density at radius 1 is 1.54 bits per heavy atom. The predicted molar refractivity (Wildman–Crippen MR) is 88.3 cm³/mol. The van der Waals surface area contributed by atoms with Crippen LogP contribution in [0.5, 0.6) is 0 Å². The minimum Gasteiger partial charge on any atom is -0.369 e. The molecule has 11 heteroatoms. The smallest absolute Gasteiger partial charge is 0.369 e. The van der Waals surface area contributed by atoms with Crippen LogP contribution in [0, 0.1) is 18.3 Å². The fraction of sp³-hybridized carbons (Fsp3) is 0.467.